The van der Waals surface area contributed by atoms with Crippen molar-refractivity contribution >= 4 is 11.9 Å². The highest BCUT2D eigenvalue weighted by atomic mass is 16.4. The third-order valence-electron chi connectivity index (χ3n) is 1.42. The van der Waals surface area contributed by atoms with Crippen LogP contribution in [0.5, 0.6) is 0 Å². The predicted molar refractivity (Wildman–Crippen MR) is 44.4 cm³/mol. The number of carboxylic acids is 2. The van der Waals surface area contributed by atoms with Gasteiger partial charge in [-0.15, -0.1) is 0 Å². The van der Waals surface area contributed by atoms with Crippen LogP contribution in [0, 0.1) is 11.3 Å². The molecule has 0 heterocycles. The monoisotopic (exact) mass is 199 g/mol. The van der Waals surface area contributed by atoms with Crippen LogP contribution < -0.4 is 0 Å². The fourth-order valence-corrected chi connectivity index (χ4v) is 0.768. The summed E-state index contributed by atoms with van der Waals surface area (Å²) >= 11 is 0. The van der Waals surface area contributed by atoms with Crippen molar-refractivity contribution in [2.45, 2.75) is 19.3 Å². The lowest BCUT2D eigenvalue weighted by Gasteiger charge is -1.98. The molecule has 0 aliphatic rings. The third-order valence-corrected chi connectivity index (χ3v) is 1.42. The fourth-order valence-electron chi connectivity index (χ4n) is 0.768. The first-order chi connectivity index (χ1) is 6.49. The minimum absolute atomic E-state index is 0.0969. The lowest BCUT2D eigenvalue weighted by molar-refractivity contribution is -0.137. The zero-order chi connectivity index (χ0) is 11.1. The van der Waals surface area contributed by atoms with Crippen LogP contribution in [-0.2, 0) is 9.59 Å². The summed E-state index contributed by atoms with van der Waals surface area (Å²) in [6.07, 6.45) is -0.205. The van der Waals surface area contributed by atoms with Crippen LogP contribution in [0.3, 0.4) is 0 Å². The number of carboxylic acid groups (broad SMARTS) is 2. The van der Waals surface area contributed by atoms with Crippen molar-refractivity contribution in [1.82, 2.24) is 0 Å². The molecule has 0 fully saturated rings. The van der Waals surface area contributed by atoms with Gasteiger partial charge in [-0.1, -0.05) is 0 Å². The van der Waals surface area contributed by atoms with Gasteiger partial charge in [0, 0.05) is 12.8 Å². The summed E-state index contributed by atoms with van der Waals surface area (Å²) in [6.45, 7) is 0. The van der Waals surface area contributed by atoms with Crippen LogP contribution in [0.1, 0.15) is 19.3 Å². The smallest absolute Gasteiger partial charge is 0.349 e. The van der Waals surface area contributed by atoms with Crippen LogP contribution in [0.15, 0.2) is 11.3 Å². The molecule has 0 spiro atoms. The van der Waals surface area contributed by atoms with E-state index in [-0.39, 0.29) is 19.3 Å². The number of aliphatic carboxylic acids is 2. The largest absolute Gasteiger partial charge is 0.511 e. The molecular weight excluding hydrogens is 190 g/mol. The van der Waals surface area contributed by atoms with Crippen molar-refractivity contribution in [1.29, 1.82) is 5.26 Å². The van der Waals surface area contributed by atoms with Crippen molar-refractivity contribution in [3.63, 3.8) is 0 Å². The van der Waals surface area contributed by atoms with Crippen molar-refractivity contribution in [3.05, 3.63) is 11.3 Å². The molecule has 0 rings (SSSR count). The van der Waals surface area contributed by atoms with Crippen LogP contribution in [0.2, 0.25) is 0 Å². The molecule has 3 N–H and O–H groups in total. The van der Waals surface area contributed by atoms with E-state index in [2.05, 4.69) is 0 Å². The lowest BCUT2D eigenvalue weighted by Crippen LogP contribution is -2.03. The summed E-state index contributed by atoms with van der Waals surface area (Å²) in [6, 6.07) is 1.32. The summed E-state index contributed by atoms with van der Waals surface area (Å²) in [5.74, 6) is -3.13. The van der Waals surface area contributed by atoms with E-state index in [0.29, 0.717) is 0 Å². The molecule has 0 amide bonds. The lowest BCUT2D eigenvalue weighted by atomic mass is 10.1. The average Bonchev–Trinajstić information content (AvgIpc) is 2.03. The van der Waals surface area contributed by atoms with E-state index in [1.54, 1.807) is 0 Å². The Bertz CT molecular complexity index is 312. The minimum atomic E-state index is -1.51. The Balaban J connectivity index is 4.30. The second kappa shape index (κ2) is 5.59. The normalized spacial score (nSPS) is 11.4. The van der Waals surface area contributed by atoms with Gasteiger partial charge >= 0.3 is 11.9 Å². The third kappa shape index (κ3) is 4.11. The first-order valence-electron chi connectivity index (χ1n) is 3.76. The number of rotatable bonds is 5. The number of nitrogens with zero attached hydrogens (tertiary/aromatic N) is 1. The molecule has 0 bridgehead atoms. The van der Waals surface area contributed by atoms with E-state index in [9.17, 15) is 9.59 Å². The molecule has 0 atom stereocenters. The molecule has 76 valence electrons. The molecular formula is C8H9NO5. The maximum atomic E-state index is 10.3. The topological polar surface area (TPSA) is 119 Å². The van der Waals surface area contributed by atoms with Crippen molar-refractivity contribution < 1.29 is 24.9 Å². The van der Waals surface area contributed by atoms with E-state index >= 15 is 0 Å². The summed E-state index contributed by atoms with van der Waals surface area (Å²) in [5, 5.41) is 34.0. The number of allylic oxidation sites excluding steroid dienone is 1. The molecule has 0 aromatic rings. The summed E-state index contributed by atoms with van der Waals surface area (Å²) in [7, 11) is 0. The van der Waals surface area contributed by atoms with Crippen LogP contribution in [0.25, 0.3) is 0 Å². The number of aliphatic hydroxyl groups excluding tert-OH is 1. The van der Waals surface area contributed by atoms with Crippen molar-refractivity contribution in [3.8, 4) is 6.07 Å². The first-order valence-corrected chi connectivity index (χ1v) is 3.76. The Hall–Kier alpha value is -2.03. The Kier molecular flexibility index (Phi) is 4.78. The molecule has 0 saturated heterocycles. The Morgan fingerprint density at radius 3 is 2.07 bits per heavy atom. The van der Waals surface area contributed by atoms with Crippen molar-refractivity contribution in [2.75, 3.05) is 0 Å². The highest BCUT2D eigenvalue weighted by Crippen LogP contribution is 2.09. The van der Waals surface area contributed by atoms with Gasteiger partial charge in [-0.2, -0.15) is 5.26 Å². The van der Waals surface area contributed by atoms with Gasteiger partial charge in [0.05, 0.1) is 0 Å². The first kappa shape index (κ1) is 12.0. The van der Waals surface area contributed by atoms with Crippen LogP contribution in [-0.4, -0.2) is 27.3 Å². The number of hydrogen-bond donors (Lipinski definition) is 3. The molecule has 0 aromatic heterocycles. The standard InChI is InChI=1S/C8H9NO5/c9-4-5(8(13)14)6(10)2-1-3-7(11)12/h10H,1-3H2,(H,11,12)(H,13,14). The Morgan fingerprint density at radius 1 is 1.14 bits per heavy atom. The van der Waals surface area contributed by atoms with E-state index in [4.69, 9.17) is 20.6 Å². The molecule has 0 saturated carbocycles. The maximum Gasteiger partial charge on any atom is 0.349 e. The molecule has 0 aliphatic carbocycles. The highest BCUT2D eigenvalue weighted by molar-refractivity contribution is 5.91. The zero-order valence-electron chi connectivity index (χ0n) is 7.23. The molecule has 6 nitrogen and oxygen atoms in total. The van der Waals surface area contributed by atoms with Gasteiger partial charge in [0.1, 0.15) is 11.8 Å². The number of carbonyl (C=O) groups is 2. The van der Waals surface area contributed by atoms with E-state index in [0.717, 1.165) is 0 Å². The van der Waals surface area contributed by atoms with E-state index in [1.807, 2.05) is 0 Å². The van der Waals surface area contributed by atoms with Gasteiger partial charge < -0.3 is 15.3 Å². The SMILES string of the molecule is N#CC(C(=O)O)=C(O)CCCC(=O)O. The fraction of sp³-hybridized carbons (Fsp3) is 0.375. The maximum absolute atomic E-state index is 10.3. The number of aliphatic hydroxyl groups is 1. The quantitative estimate of drug-likeness (QED) is 0.340. The molecule has 0 unspecified atom stereocenters. The van der Waals surface area contributed by atoms with Crippen molar-refractivity contribution in [2.24, 2.45) is 0 Å². The summed E-state index contributed by atoms with van der Waals surface area (Å²) in [5.41, 5.74) is -0.740. The second-order valence-electron chi connectivity index (χ2n) is 2.49. The van der Waals surface area contributed by atoms with Gasteiger partial charge in [-0.3, -0.25) is 4.79 Å². The molecule has 0 aromatic carbocycles. The van der Waals surface area contributed by atoms with Gasteiger partial charge in [-0.25, -0.2) is 4.79 Å². The predicted octanol–water partition coefficient (Wildman–Crippen LogP) is 0.662. The second-order valence-corrected chi connectivity index (χ2v) is 2.49. The number of nitriles is 1. The minimum Gasteiger partial charge on any atom is -0.511 e. The molecule has 0 radical (unpaired) electrons. The average molecular weight is 199 g/mol. The number of hydrogen-bond acceptors (Lipinski definition) is 4. The van der Waals surface area contributed by atoms with Gasteiger partial charge in [0.25, 0.3) is 0 Å². The Morgan fingerprint density at radius 2 is 1.71 bits per heavy atom. The molecule has 14 heavy (non-hydrogen) atoms. The summed E-state index contributed by atoms with van der Waals surface area (Å²) in [4.78, 5) is 20.4. The van der Waals surface area contributed by atoms with Crippen LogP contribution >= 0.6 is 0 Å². The van der Waals surface area contributed by atoms with E-state index in [1.165, 1.54) is 6.07 Å². The Labute approximate surface area is 79.7 Å². The van der Waals surface area contributed by atoms with Gasteiger partial charge in [0.15, 0.2) is 5.57 Å². The summed E-state index contributed by atoms with van der Waals surface area (Å²) < 4.78 is 0. The molecule has 6 heteroatoms. The van der Waals surface area contributed by atoms with Crippen LogP contribution in [0.4, 0.5) is 0 Å². The van der Waals surface area contributed by atoms with E-state index < -0.39 is 23.3 Å². The zero-order valence-corrected chi connectivity index (χ0v) is 7.23. The highest BCUT2D eigenvalue weighted by Gasteiger charge is 2.13. The molecule has 0 aliphatic heterocycles. The van der Waals surface area contributed by atoms with Gasteiger partial charge in [0.2, 0.25) is 0 Å². The van der Waals surface area contributed by atoms with Gasteiger partial charge in [-0.05, 0) is 6.42 Å².